The van der Waals surface area contributed by atoms with E-state index in [1.807, 2.05) is 0 Å². The summed E-state index contributed by atoms with van der Waals surface area (Å²) in [6.45, 7) is 0. The Kier molecular flexibility index (Phi) is 4.93. The first kappa shape index (κ1) is 18.9. The molecule has 2 aromatic carbocycles. The second-order valence-corrected chi connectivity index (χ2v) is 6.04. The lowest BCUT2D eigenvalue weighted by Gasteiger charge is -2.14. The van der Waals surface area contributed by atoms with Crippen LogP contribution in [0.2, 0.25) is 5.02 Å². The monoisotopic (exact) mass is 397 g/mol. The van der Waals surface area contributed by atoms with Crippen molar-refractivity contribution in [3.63, 3.8) is 0 Å². The zero-order valence-corrected chi connectivity index (χ0v) is 14.6. The highest BCUT2D eigenvalue weighted by Gasteiger charge is 2.39. The summed E-state index contributed by atoms with van der Waals surface area (Å²) in [5, 5.41) is 5.18. The third kappa shape index (κ3) is 3.80. The van der Waals surface area contributed by atoms with Crippen LogP contribution in [0.25, 0.3) is 11.1 Å². The van der Waals surface area contributed by atoms with Gasteiger partial charge in [-0.1, -0.05) is 41.9 Å². The number of benzene rings is 2. The van der Waals surface area contributed by atoms with Crippen LogP contribution in [0.15, 0.2) is 48.7 Å². The maximum absolute atomic E-state index is 13.9. The number of carbonyl (C=O) groups is 1. The number of nitrogens with one attached hydrogen (secondary N) is 1. The predicted octanol–water partition coefficient (Wildman–Crippen LogP) is 5.15. The third-order valence-corrected chi connectivity index (χ3v) is 4.13. The predicted molar refractivity (Wildman–Crippen MR) is 93.0 cm³/mol. The zero-order chi connectivity index (χ0) is 19.8. The Morgan fingerprint density at radius 1 is 1.15 bits per heavy atom. The maximum Gasteiger partial charge on any atom is 0.435 e. The van der Waals surface area contributed by atoms with Crippen molar-refractivity contribution in [3.8, 4) is 11.1 Å². The van der Waals surface area contributed by atoms with Gasteiger partial charge in [-0.15, -0.1) is 0 Å². The van der Waals surface area contributed by atoms with Gasteiger partial charge in [-0.25, -0.2) is 4.39 Å². The van der Waals surface area contributed by atoms with Gasteiger partial charge in [0.1, 0.15) is 10.8 Å². The lowest BCUT2D eigenvalue weighted by molar-refractivity contribution is -0.141. The molecule has 1 aromatic heterocycles. The molecule has 0 aliphatic rings. The number of nitrogens with zero attached hydrogens (tertiary/aromatic N) is 2. The molecule has 1 amide bonds. The number of anilines is 1. The molecule has 0 saturated heterocycles. The highest BCUT2D eigenvalue weighted by Crippen LogP contribution is 2.37. The molecule has 0 bridgehead atoms. The minimum Gasteiger partial charge on any atom is -0.320 e. The fourth-order valence-electron chi connectivity index (χ4n) is 2.58. The molecule has 140 valence electrons. The number of alkyl halides is 3. The smallest absolute Gasteiger partial charge is 0.320 e. The van der Waals surface area contributed by atoms with E-state index in [0.717, 1.165) is 16.9 Å². The molecule has 9 heteroatoms. The van der Waals surface area contributed by atoms with Crippen molar-refractivity contribution in [2.75, 3.05) is 5.32 Å². The zero-order valence-electron chi connectivity index (χ0n) is 13.8. The lowest BCUT2D eigenvalue weighted by Crippen LogP contribution is -2.18. The van der Waals surface area contributed by atoms with Crippen molar-refractivity contribution < 1.29 is 22.4 Å². The van der Waals surface area contributed by atoms with E-state index in [1.54, 1.807) is 30.3 Å². The average Bonchev–Trinajstić information content (AvgIpc) is 3.02. The van der Waals surface area contributed by atoms with Gasteiger partial charge in [-0.05, 0) is 17.7 Å². The topological polar surface area (TPSA) is 46.9 Å². The van der Waals surface area contributed by atoms with E-state index in [0.29, 0.717) is 11.1 Å². The molecular formula is C18H12ClF4N3O. The van der Waals surface area contributed by atoms with E-state index < -0.39 is 34.2 Å². The molecule has 0 spiro atoms. The van der Waals surface area contributed by atoms with Gasteiger partial charge >= 0.3 is 6.18 Å². The van der Waals surface area contributed by atoms with E-state index in [-0.39, 0.29) is 5.69 Å². The average molecular weight is 398 g/mol. The molecule has 1 heterocycles. The molecule has 0 radical (unpaired) electrons. The van der Waals surface area contributed by atoms with Crippen LogP contribution in [0.3, 0.4) is 0 Å². The fourth-order valence-corrected chi connectivity index (χ4v) is 2.79. The van der Waals surface area contributed by atoms with Gasteiger partial charge in [0.2, 0.25) is 0 Å². The fraction of sp³-hybridized carbons (Fsp3) is 0.111. The van der Waals surface area contributed by atoms with E-state index in [4.69, 9.17) is 11.6 Å². The second kappa shape index (κ2) is 7.03. The van der Waals surface area contributed by atoms with Gasteiger partial charge in [0, 0.05) is 18.8 Å². The van der Waals surface area contributed by atoms with Crippen LogP contribution in [-0.2, 0) is 13.2 Å². The van der Waals surface area contributed by atoms with Crippen molar-refractivity contribution in [1.82, 2.24) is 9.78 Å². The Morgan fingerprint density at radius 2 is 1.81 bits per heavy atom. The molecule has 0 aliphatic carbocycles. The molecule has 3 aromatic rings. The summed E-state index contributed by atoms with van der Waals surface area (Å²) in [6, 6.07) is 11.1. The summed E-state index contributed by atoms with van der Waals surface area (Å²) in [7, 11) is 1.26. The molecule has 27 heavy (non-hydrogen) atoms. The summed E-state index contributed by atoms with van der Waals surface area (Å²) >= 11 is 5.98. The first-order valence-electron chi connectivity index (χ1n) is 7.64. The molecule has 0 aliphatic heterocycles. The molecule has 3 rings (SSSR count). The lowest BCUT2D eigenvalue weighted by atomic mass is 10.0. The standard InChI is InChI=1S/C18H12ClF4N3O/c1-26-9-12(16(25-26)18(21,22)23)17(27)24-15-11(7-8-13(20)14(15)19)10-5-3-2-4-6-10/h2-9H,1H3,(H,24,27). The molecule has 0 saturated carbocycles. The van der Waals surface area contributed by atoms with Crippen LogP contribution in [-0.4, -0.2) is 15.7 Å². The van der Waals surface area contributed by atoms with Crippen molar-refractivity contribution in [2.45, 2.75) is 6.18 Å². The van der Waals surface area contributed by atoms with Crippen LogP contribution >= 0.6 is 11.6 Å². The van der Waals surface area contributed by atoms with Gasteiger partial charge in [0.05, 0.1) is 11.3 Å². The maximum atomic E-state index is 13.9. The Labute approximate surface area is 156 Å². The Bertz CT molecular complexity index is 1000. The van der Waals surface area contributed by atoms with E-state index in [2.05, 4.69) is 10.4 Å². The van der Waals surface area contributed by atoms with Crippen molar-refractivity contribution >= 4 is 23.2 Å². The number of hydrogen-bond acceptors (Lipinski definition) is 2. The Hall–Kier alpha value is -2.87. The van der Waals surface area contributed by atoms with Crippen LogP contribution in [0, 0.1) is 5.82 Å². The quantitative estimate of drug-likeness (QED) is 0.621. The van der Waals surface area contributed by atoms with Crippen LogP contribution in [0.4, 0.5) is 23.2 Å². The first-order valence-corrected chi connectivity index (χ1v) is 8.02. The highest BCUT2D eigenvalue weighted by molar-refractivity contribution is 6.35. The number of halogens is 5. The van der Waals surface area contributed by atoms with E-state index in [9.17, 15) is 22.4 Å². The van der Waals surface area contributed by atoms with E-state index in [1.165, 1.54) is 13.1 Å². The number of aryl methyl sites for hydroxylation is 1. The summed E-state index contributed by atoms with van der Waals surface area (Å²) in [4.78, 5) is 12.5. The van der Waals surface area contributed by atoms with Crippen molar-refractivity contribution in [3.05, 3.63) is 70.8 Å². The Morgan fingerprint density at radius 3 is 2.44 bits per heavy atom. The summed E-state index contributed by atoms with van der Waals surface area (Å²) in [6.07, 6.45) is -3.88. The highest BCUT2D eigenvalue weighted by atomic mass is 35.5. The third-order valence-electron chi connectivity index (χ3n) is 3.76. The largest absolute Gasteiger partial charge is 0.435 e. The number of amides is 1. The second-order valence-electron chi connectivity index (χ2n) is 5.67. The van der Waals surface area contributed by atoms with Crippen LogP contribution < -0.4 is 5.32 Å². The number of carbonyl (C=O) groups excluding carboxylic acids is 1. The molecule has 1 N–H and O–H groups in total. The molecule has 0 atom stereocenters. The summed E-state index contributed by atoms with van der Waals surface area (Å²) in [5.74, 6) is -1.91. The molecule has 0 unspecified atom stereocenters. The van der Waals surface area contributed by atoms with E-state index >= 15 is 0 Å². The number of hydrogen-bond donors (Lipinski definition) is 1. The van der Waals surface area contributed by atoms with Crippen molar-refractivity contribution in [2.24, 2.45) is 7.05 Å². The van der Waals surface area contributed by atoms with Gasteiger partial charge in [-0.2, -0.15) is 18.3 Å². The molecular weight excluding hydrogens is 386 g/mol. The minimum atomic E-state index is -4.82. The molecule has 4 nitrogen and oxygen atoms in total. The van der Waals surface area contributed by atoms with Gasteiger partial charge in [0.25, 0.3) is 5.91 Å². The number of aromatic nitrogens is 2. The van der Waals surface area contributed by atoms with Crippen molar-refractivity contribution in [1.29, 1.82) is 0 Å². The minimum absolute atomic E-state index is 0.121. The van der Waals surface area contributed by atoms with Gasteiger partial charge < -0.3 is 5.32 Å². The molecule has 0 fully saturated rings. The van der Waals surface area contributed by atoms with Gasteiger partial charge in [0.15, 0.2) is 5.69 Å². The van der Waals surface area contributed by atoms with Gasteiger partial charge in [-0.3, -0.25) is 9.48 Å². The Balaban J connectivity index is 2.06. The van der Waals surface area contributed by atoms with Crippen LogP contribution in [0.5, 0.6) is 0 Å². The van der Waals surface area contributed by atoms with Crippen LogP contribution in [0.1, 0.15) is 16.1 Å². The summed E-state index contributed by atoms with van der Waals surface area (Å²) in [5.41, 5.74) is -1.17. The summed E-state index contributed by atoms with van der Waals surface area (Å²) < 4.78 is 54.1. The number of rotatable bonds is 3. The normalized spacial score (nSPS) is 11.5. The first-order chi connectivity index (χ1) is 12.7. The SMILES string of the molecule is Cn1cc(C(=O)Nc2c(-c3ccccc3)ccc(F)c2Cl)c(C(F)(F)F)n1.